The van der Waals surface area contributed by atoms with Gasteiger partial charge in [-0.25, -0.2) is 8.60 Å². The number of hydrogen-bond donors (Lipinski definition) is 1. The summed E-state index contributed by atoms with van der Waals surface area (Å²) in [6.45, 7) is 10.6. The lowest BCUT2D eigenvalue weighted by Gasteiger charge is -2.32. The topological polar surface area (TPSA) is 72.1 Å². The van der Waals surface area contributed by atoms with Crippen LogP contribution in [0.1, 0.15) is 74.5 Å². The van der Waals surface area contributed by atoms with Crippen LogP contribution in [-0.4, -0.2) is 33.6 Å². The lowest BCUT2D eigenvalue weighted by Crippen LogP contribution is -2.41. The molecule has 1 unspecified atom stereocenters. The predicted molar refractivity (Wildman–Crippen MR) is 166 cm³/mol. The molecule has 1 atom stereocenters. The molecule has 0 amide bonds. The van der Waals surface area contributed by atoms with Crippen molar-refractivity contribution in [3.8, 4) is 0 Å². The minimum atomic E-state index is -2.21. The number of halogens is 1. The van der Waals surface area contributed by atoms with Crippen molar-refractivity contribution in [3.63, 3.8) is 0 Å². The van der Waals surface area contributed by atoms with Gasteiger partial charge in [0.2, 0.25) is 0 Å². The third-order valence-corrected chi connectivity index (χ3v) is 9.68. The van der Waals surface area contributed by atoms with Gasteiger partial charge in [0.15, 0.2) is 0 Å². The monoisotopic (exact) mass is 589 g/mol. The van der Waals surface area contributed by atoms with Gasteiger partial charge in [-0.1, -0.05) is 35.9 Å². The van der Waals surface area contributed by atoms with Crippen LogP contribution in [0.4, 0.5) is 10.1 Å². The van der Waals surface area contributed by atoms with Crippen LogP contribution in [0.3, 0.4) is 0 Å². The highest BCUT2D eigenvalue weighted by molar-refractivity contribution is 7.80. The fraction of sp³-hybridized carbons (Fsp3) is 0.394. The van der Waals surface area contributed by atoms with Crippen molar-refractivity contribution in [2.24, 2.45) is 0 Å². The average Bonchev–Trinajstić information content (AvgIpc) is 3.64. The Balaban J connectivity index is 1.23. The molecular weight excluding hydrogens is 552 g/mol. The first-order valence-corrected chi connectivity index (χ1v) is 15.6. The van der Waals surface area contributed by atoms with Gasteiger partial charge in [-0.15, -0.1) is 0 Å². The third-order valence-electron chi connectivity index (χ3n) is 8.93. The maximum atomic E-state index is 13.3. The number of nitrogens with zero attached hydrogens (tertiary/aromatic N) is 1. The zero-order valence-electron chi connectivity index (χ0n) is 24.8. The SMILES string of the molecule is Cc1cc(CCN(c2cc3oc(Cc4ccc(F)cc4)cc3cc2C2CC2)S(=O)O)ccc1B1OC(C)(C)C(C)(C)O1. The van der Waals surface area contributed by atoms with Crippen molar-refractivity contribution in [1.82, 2.24) is 0 Å². The molecule has 1 aromatic heterocycles. The lowest BCUT2D eigenvalue weighted by molar-refractivity contribution is 0.00578. The smallest absolute Gasteiger partial charge is 0.461 e. The van der Waals surface area contributed by atoms with E-state index in [9.17, 15) is 13.2 Å². The highest BCUT2D eigenvalue weighted by atomic mass is 32.2. The van der Waals surface area contributed by atoms with E-state index in [1.54, 1.807) is 16.4 Å². The van der Waals surface area contributed by atoms with Crippen LogP contribution >= 0.6 is 0 Å². The maximum Gasteiger partial charge on any atom is 0.495 e. The van der Waals surface area contributed by atoms with E-state index in [1.807, 2.05) is 58.9 Å². The van der Waals surface area contributed by atoms with Crippen molar-refractivity contribution in [3.05, 3.63) is 94.5 Å². The molecule has 1 aliphatic heterocycles. The van der Waals surface area contributed by atoms with Crippen LogP contribution in [0.2, 0.25) is 0 Å². The van der Waals surface area contributed by atoms with Crippen LogP contribution in [0.5, 0.6) is 0 Å². The number of rotatable bonds is 9. The number of benzene rings is 3. The molecule has 0 radical (unpaired) electrons. The summed E-state index contributed by atoms with van der Waals surface area (Å²) in [6.07, 6.45) is 3.25. The second-order valence-corrected chi connectivity index (χ2v) is 13.5. The fourth-order valence-corrected chi connectivity index (χ4v) is 6.19. The van der Waals surface area contributed by atoms with Crippen molar-refractivity contribution in [2.75, 3.05) is 10.8 Å². The molecule has 1 saturated carbocycles. The molecule has 4 aromatic rings. The summed E-state index contributed by atoms with van der Waals surface area (Å²) in [7, 11) is -0.431. The summed E-state index contributed by atoms with van der Waals surface area (Å²) < 4.78 is 56.7. The molecule has 1 saturated heterocycles. The van der Waals surface area contributed by atoms with Gasteiger partial charge in [-0.3, -0.25) is 8.86 Å². The molecule has 2 aliphatic rings. The number of anilines is 1. The Kier molecular flexibility index (Phi) is 7.58. The molecule has 1 aliphatic carbocycles. The number of furan rings is 1. The van der Waals surface area contributed by atoms with E-state index in [0.29, 0.717) is 30.9 Å². The van der Waals surface area contributed by atoms with E-state index < -0.39 is 29.6 Å². The molecule has 9 heteroatoms. The van der Waals surface area contributed by atoms with Crippen LogP contribution in [0, 0.1) is 12.7 Å². The number of fused-ring (bicyclic) bond motifs is 1. The van der Waals surface area contributed by atoms with Crippen LogP contribution in [0.15, 0.2) is 65.1 Å². The second-order valence-electron chi connectivity index (χ2n) is 12.6. The number of hydrogen-bond acceptors (Lipinski definition) is 4. The van der Waals surface area contributed by atoms with Crippen molar-refractivity contribution < 1.29 is 26.9 Å². The lowest BCUT2D eigenvalue weighted by atomic mass is 9.75. The van der Waals surface area contributed by atoms with Crippen molar-refractivity contribution >= 4 is 40.5 Å². The average molecular weight is 590 g/mol. The Morgan fingerprint density at radius 2 is 1.64 bits per heavy atom. The molecule has 0 bridgehead atoms. The Morgan fingerprint density at radius 3 is 2.26 bits per heavy atom. The normalized spacial score (nSPS) is 18.5. The van der Waals surface area contributed by atoms with Crippen LogP contribution in [0.25, 0.3) is 11.0 Å². The highest BCUT2D eigenvalue weighted by Crippen LogP contribution is 2.46. The van der Waals surface area contributed by atoms with Crippen LogP contribution < -0.4 is 9.77 Å². The Hall–Kier alpha value is -2.98. The van der Waals surface area contributed by atoms with Gasteiger partial charge in [0.05, 0.1) is 16.9 Å². The Bertz CT molecular complexity index is 1630. The van der Waals surface area contributed by atoms with Gasteiger partial charge in [0.1, 0.15) is 17.2 Å². The molecule has 6 nitrogen and oxygen atoms in total. The van der Waals surface area contributed by atoms with Crippen molar-refractivity contribution in [2.45, 2.75) is 77.4 Å². The fourth-order valence-electron chi connectivity index (χ4n) is 5.62. The maximum absolute atomic E-state index is 13.3. The molecule has 2 fully saturated rings. The largest absolute Gasteiger partial charge is 0.495 e. The minimum absolute atomic E-state index is 0.268. The molecule has 1 N–H and O–H groups in total. The summed E-state index contributed by atoms with van der Waals surface area (Å²) in [5.74, 6) is 0.868. The van der Waals surface area contributed by atoms with E-state index in [-0.39, 0.29) is 5.82 Å². The Morgan fingerprint density at radius 1 is 0.976 bits per heavy atom. The third kappa shape index (κ3) is 5.80. The van der Waals surface area contributed by atoms with Gasteiger partial charge in [-0.2, -0.15) is 0 Å². The Labute approximate surface area is 249 Å². The van der Waals surface area contributed by atoms with Gasteiger partial charge < -0.3 is 13.7 Å². The van der Waals surface area contributed by atoms with E-state index in [0.717, 1.165) is 57.4 Å². The minimum Gasteiger partial charge on any atom is -0.461 e. The molecule has 0 spiro atoms. The second kappa shape index (κ2) is 10.9. The molecule has 220 valence electrons. The summed E-state index contributed by atoms with van der Waals surface area (Å²) in [6, 6.07) is 18.6. The van der Waals surface area contributed by atoms with E-state index in [1.165, 1.54) is 12.1 Å². The van der Waals surface area contributed by atoms with E-state index in [2.05, 4.69) is 12.1 Å². The zero-order valence-corrected chi connectivity index (χ0v) is 25.6. The quantitative estimate of drug-likeness (QED) is 0.171. The molecule has 2 heterocycles. The van der Waals surface area contributed by atoms with Gasteiger partial charge in [-0.05, 0) is 106 Å². The molecule has 6 rings (SSSR count). The summed E-state index contributed by atoms with van der Waals surface area (Å²) in [4.78, 5) is 0. The first-order chi connectivity index (χ1) is 19.9. The summed E-state index contributed by atoms with van der Waals surface area (Å²) in [5.41, 5.74) is 5.74. The first kappa shape index (κ1) is 29.1. The summed E-state index contributed by atoms with van der Waals surface area (Å²) >= 11 is -2.21. The van der Waals surface area contributed by atoms with E-state index >= 15 is 0 Å². The van der Waals surface area contributed by atoms with Crippen molar-refractivity contribution in [1.29, 1.82) is 0 Å². The standard InChI is InChI=1S/C33H37BFNO5S/c1-21-16-23(8-13-29(21)34-40-32(2,3)33(4,5)41-34)14-15-36(42(37)38)30-20-31-25(19-28(30)24-9-10-24)18-27(39-31)17-22-6-11-26(35)12-7-22/h6-8,11-13,16,18-20,24H,9-10,14-15,17H2,1-5H3,(H,37,38). The zero-order chi connectivity index (χ0) is 29.8. The van der Waals surface area contributed by atoms with Gasteiger partial charge >= 0.3 is 7.12 Å². The molecule has 3 aromatic carbocycles. The van der Waals surface area contributed by atoms with Gasteiger partial charge in [0, 0.05) is 24.4 Å². The predicted octanol–water partition coefficient (Wildman–Crippen LogP) is 6.83. The molecule has 42 heavy (non-hydrogen) atoms. The molecular formula is C33H37BFNO5S. The van der Waals surface area contributed by atoms with E-state index in [4.69, 9.17) is 13.7 Å². The first-order valence-electron chi connectivity index (χ1n) is 14.5. The highest BCUT2D eigenvalue weighted by Gasteiger charge is 2.52. The van der Waals surface area contributed by atoms with Gasteiger partial charge in [0.25, 0.3) is 11.3 Å². The van der Waals surface area contributed by atoms with Crippen LogP contribution in [-0.2, 0) is 33.4 Å². The number of aryl methyl sites for hydroxylation is 1. The summed E-state index contributed by atoms with van der Waals surface area (Å²) in [5, 5.41) is 0.968.